The van der Waals surface area contributed by atoms with E-state index >= 15 is 0 Å². The highest BCUT2D eigenvalue weighted by Gasteiger charge is 2.50. The zero-order valence-corrected chi connectivity index (χ0v) is 22.9. The molecular weight excluding hydrogens is 544 g/mol. The number of hydrogen-bond donors (Lipinski definition) is 2. The standard InChI is InChI=1S/C28H27ClN2O7S/c1-3-31(39(35,36)21-7-9-24-22(14-21)17(2)25(38-24)26(32)33)23-8-6-19(29)13-18(23)15-28(10-11-28)27(34)30-16-20-5-4-12-37-20/h4-9,12-14H,3,10-11,15-16H2,1-2H3,(H,30,34)(H,32,33). The molecule has 2 aromatic heterocycles. The highest BCUT2D eigenvalue weighted by atomic mass is 35.5. The van der Waals surface area contributed by atoms with E-state index in [9.17, 15) is 23.1 Å². The molecule has 0 spiro atoms. The molecule has 1 aliphatic rings. The number of hydrogen-bond acceptors (Lipinski definition) is 6. The van der Waals surface area contributed by atoms with Crippen LogP contribution >= 0.6 is 11.6 Å². The first-order chi connectivity index (χ1) is 18.6. The van der Waals surface area contributed by atoms with Crippen LogP contribution in [0, 0.1) is 12.3 Å². The number of aryl methyl sites for hydroxylation is 1. The normalized spacial score (nSPS) is 14.3. The van der Waals surface area contributed by atoms with Crippen molar-refractivity contribution < 1.29 is 31.9 Å². The zero-order valence-electron chi connectivity index (χ0n) is 21.4. The highest BCUT2D eigenvalue weighted by molar-refractivity contribution is 7.92. The molecule has 11 heteroatoms. The van der Waals surface area contributed by atoms with Crippen molar-refractivity contribution in [2.24, 2.45) is 5.41 Å². The van der Waals surface area contributed by atoms with Gasteiger partial charge in [-0.25, -0.2) is 13.2 Å². The van der Waals surface area contributed by atoms with Crippen molar-refractivity contribution in [3.8, 4) is 0 Å². The minimum Gasteiger partial charge on any atom is -0.475 e. The zero-order chi connectivity index (χ0) is 27.9. The van der Waals surface area contributed by atoms with E-state index < -0.39 is 21.4 Å². The number of halogens is 1. The number of sulfonamides is 1. The third-order valence-electron chi connectivity index (χ3n) is 7.15. The van der Waals surface area contributed by atoms with Crippen LogP contribution in [-0.2, 0) is 27.8 Å². The second-order valence-corrected chi connectivity index (χ2v) is 12.0. The molecule has 1 aliphatic carbocycles. The third kappa shape index (κ3) is 5.02. The van der Waals surface area contributed by atoms with Crippen LogP contribution in [0.3, 0.4) is 0 Å². The molecule has 0 atom stereocenters. The molecule has 39 heavy (non-hydrogen) atoms. The lowest BCUT2D eigenvalue weighted by Crippen LogP contribution is -2.34. The van der Waals surface area contributed by atoms with Gasteiger partial charge in [0, 0.05) is 22.5 Å². The Morgan fingerprint density at radius 3 is 2.56 bits per heavy atom. The lowest BCUT2D eigenvalue weighted by Gasteiger charge is -2.27. The SMILES string of the molecule is CCN(c1ccc(Cl)cc1CC1(C(=O)NCc2ccco2)CC1)S(=O)(=O)c1ccc2oc(C(=O)O)c(C)c2c1. The number of furan rings is 2. The molecular formula is C28H27ClN2O7S. The van der Waals surface area contributed by atoms with Crippen molar-refractivity contribution in [3.05, 3.63) is 82.5 Å². The summed E-state index contributed by atoms with van der Waals surface area (Å²) >= 11 is 6.32. The summed E-state index contributed by atoms with van der Waals surface area (Å²) in [5.74, 6) is -0.930. The second kappa shape index (κ2) is 10.1. The Bertz CT molecular complexity index is 1670. The van der Waals surface area contributed by atoms with Crippen molar-refractivity contribution in [1.29, 1.82) is 0 Å². The predicted molar refractivity (Wildman–Crippen MR) is 145 cm³/mol. The van der Waals surface area contributed by atoms with Crippen molar-refractivity contribution in [2.75, 3.05) is 10.8 Å². The fourth-order valence-electron chi connectivity index (χ4n) is 4.87. The molecule has 0 aliphatic heterocycles. The Labute approximate surface area is 230 Å². The maximum atomic E-state index is 13.9. The van der Waals surface area contributed by atoms with Crippen molar-refractivity contribution >= 4 is 50.2 Å². The van der Waals surface area contributed by atoms with Gasteiger partial charge in [0.1, 0.15) is 11.3 Å². The summed E-state index contributed by atoms with van der Waals surface area (Å²) in [5, 5.41) is 13.1. The average Bonchev–Trinajstić information content (AvgIpc) is 3.34. The average molecular weight is 571 g/mol. The monoisotopic (exact) mass is 570 g/mol. The Kier molecular flexibility index (Phi) is 6.94. The Hall–Kier alpha value is -3.76. The molecule has 5 rings (SSSR count). The summed E-state index contributed by atoms with van der Waals surface area (Å²) in [6, 6.07) is 12.8. The van der Waals surface area contributed by atoms with Crippen LogP contribution in [0.4, 0.5) is 5.69 Å². The lowest BCUT2D eigenvalue weighted by atomic mass is 9.94. The van der Waals surface area contributed by atoms with E-state index in [2.05, 4.69) is 5.32 Å². The molecule has 2 heterocycles. The topological polar surface area (TPSA) is 130 Å². The van der Waals surface area contributed by atoms with Gasteiger partial charge < -0.3 is 19.3 Å². The van der Waals surface area contributed by atoms with Crippen molar-refractivity contribution in [1.82, 2.24) is 5.32 Å². The Morgan fingerprint density at radius 1 is 1.15 bits per heavy atom. The first-order valence-electron chi connectivity index (χ1n) is 12.4. The smallest absolute Gasteiger partial charge is 0.372 e. The van der Waals surface area contributed by atoms with Crippen LogP contribution in [0.5, 0.6) is 0 Å². The number of carbonyl (C=O) groups is 2. The van der Waals surface area contributed by atoms with Crippen LogP contribution in [0.15, 0.2) is 68.5 Å². The largest absolute Gasteiger partial charge is 0.475 e. The van der Waals surface area contributed by atoms with Gasteiger partial charge in [0.15, 0.2) is 0 Å². The number of carboxylic acid groups (broad SMARTS) is 1. The molecule has 9 nitrogen and oxygen atoms in total. The van der Waals surface area contributed by atoms with E-state index in [-0.39, 0.29) is 35.2 Å². The molecule has 4 aromatic rings. The second-order valence-electron chi connectivity index (χ2n) is 9.68. The number of amides is 1. The number of nitrogens with zero attached hydrogens (tertiary/aromatic N) is 1. The lowest BCUT2D eigenvalue weighted by molar-refractivity contribution is -0.126. The number of benzene rings is 2. The van der Waals surface area contributed by atoms with Crippen LogP contribution in [-0.4, -0.2) is 31.9 Å². The number of aromatic carboxylic acids is 1. The summed E-state index contributed by atoms with van der Waals surface area (Å²) in [4.78, 5) is 24.6. The van der Waals surface area contributed by atoms with E-state index in [1.54, 1.807) is 50.4 Å². The van der Waals surface area contributed by atoms with Gasteiger partial charge in [-0.3, -0.25) is 9.10 Å². The van der Waals surface area contributed by atoms with Gasteiger partial charge in [-0.2, -0.15) is 0 Å². The molecule has 1 fully saturated rings. The van der Waals surface area contributed by atoms with E-state index in [0.717, 1.165) is 0 Å². The maximum Gasteiger partial charge on any atom is 0.372 e. The summed E-state index contributed by atoms with van der Waals surface area (Å²) in [5.41, 5.74) is 1.06. The predicted octanol–water partition coefficient (Wildman–Crippen LogP) is 5.54. The number of nitrogens with one attached hydrogen (secondary N) is 1. The van der Waals surface area contributed by atoms with Gasteiger partial charge in [0.2, 0.25) is 11.7 Å². The molecule has 1 saturated carbocycles. The van der Waals surface area contributed by atoms with E-state index in [1.807, 2.05) is 0 Å². The fraction of sp³-hybridized carbons (Fsp3) is 0.286. The van der Waals surface area contributed by atoms with Crippen LogP contribution < -0.4 is 9.62 Å². The van der Waals surface area contributed by atoms with Gasteiger partial charge >= 0.3 is 5.97 Å². The maximum absolute atomic E-state index is 13.9. The highest BCUT2D eigenvalue weighted by Crippen LogP contribution is 2.50. The van der Waals surface area contributed by atoms with Gasteiger partial charge in [-0.05, 0) is 87.2 Å². The molecule has 1 amide bonds. The Balaban J connectivity index is 1.47. The van der Waals surface area contributed by atoms with E-state index in [0.29, 0.717) is 52.2 Å². The summed E-state index contributed by atoms with van der Waals surface area (Å²) in [6.45, 7) is 3.69. The number of rotatable bonds is 10. The summed E-state index contributed by atoms with van der Waals surface area (Å²) in [7, 11) is -4.07. The number of fused-ring (bicyclic) bond motifs is 1. The van der Waals surface area contributed by atoms with Crippen LogP contribution in [0.25, 0.3) is 11.0 Å². The summed E-state index contributed by atoms with van der Waals surface area (Å²) < 4.78 is 39.8. The fourth-order valence-corrected chi connectivity index (χ4v) is 6.60. The molecule has 0 bridgehead atoms. The molecule has 0 saturated heterocycles. The third-order valence-corrected chi connectivity index (χ3v) is 9.27. The molecule has 2 N–H and O–H groups in total. The van der Waals surface area contributed by atoms with E-state index in [4.69, 9.17) is 20.4 Å². The first-order valence-corrected chi connectivity index (χ1v) is 14.3. The van der Waals surface area contributed by atoms with Crippen LogP contribution in [0.1, 0.15) is 47.2 Å². The molecule has 204 valence electrons. The van der Waals surface area contributed by atoms with Crippen molar-refractivity contribution in [2.45, 2.75) is 44.6 Å². The van der Waals surface area contributed by atoms with Gasteiger partial charge in [0.25, 0.3) is 10.0 Å². The number of carbonyl (C=O) groups excluding carboxylic acids is 1. The minimum atomic E-state index is -4.07. The molecule has 0 unspecified atom stereocenters. The van der Waals surface area contributed by atoms with Gasteiger partial charge in [-0.15, -0.1) is 0 Å². The van der Waals surface area contributed by atoms with Gasteiger partial charge in [-0.1, -0.05) is 11.6 Å². The van der Waals surface area contributed by atoms with E-state index in [1.165, 1.54) is 22.5 Å². The summed E-state index contributed by atoms with van der Waals surface area (Å²) in [6.07, 6.45) is 3.21. The molecule has 2 aromatic carbocycles. The molecule has 0 radical (unpaired) electrons. The minimum absolute atomic E-state index is 0.00378. The number of anilines is 1. The Morgan fingerprint density at radius 2 is 1.92 bits per heavy atom. The first kappa shape index (κ1) is 26.8. The van der Waals surface area contributed by atoms with Crippen molar-refractivity contribution in [3.63, 3.8) is 0 Å². The quantitative estimate of drug-likeness (QED) is 0.256. The van der Waals surface area contributed by atoms with Gasteiger partial charge in [0.05, 0.1) is 28.8 Å². The van der Waals surface area contributed by atoms with Crippen LogP contribution in [0.2, 0.25) is 5.02 Å². The number of carboxylic acids is 1.